The van der Waals surface area contributed by atoms with Gasteiger partial charge in [-0.1, -0.05) is 11.6 Å². The second kappa shape index (κ2) is 6.15. The van der Waals surface area contributed by atoms with Gasteiger partial charge in [0.25, 0.3) is 0 Å². The highest BCUT2D eigenvalue weighted by atomic mass is 35.5. The van der Waals surface area contributed by atoms with Crippen molar-refractivity contribution in [3.05, 3.63) is 29.3 Å². The summed E-state index contributed by atoms with van der Waals surface area (Å²) < 4.78 is 22.6. The van der Waals surface area contributed by atoms with E-state index in [2.05, 4.69) is 5.32 Å². The van der Waals surface area contributed by atoms with E-state index in [9.17, 15) is 13.2 Å². The predicted octanol–water partition coefficient (Wildman–Crippen LogP) is 2.20. The Kier molecular flexibility index (Phi) is 4.76. The van der Waals surface area contributed by atoms with Gasteiger partial charge in [-0.15, -0.1) is 11.8 Å². The minimum atomic E-state index is -2.87. The first-order valence-electron chi connectivity index (χ1n) is 5.82. The van der Waals surface area contributed by atoms with E-state index in [0.29, 0.717) is 17.1 Å². The van der Waals surface area contributed by atoms with Crippen molar-refractivity contribution in [2.45, 2.75) is 11.7 Å². The number of anilines is 1. The Hall–Kier alpha value is -0.720. The van der Waals surface area contributed by atoms with Crippen LogP contribution in [0.2, 0.25) is 5.02 Å². The van der Waals surface area contributed by atoms with Crippen molar-refractivity contribution in [3.8, 4) is 0 Å². The third-order valence-electron chi connectivity index (χ3n) is 2.77. The van der Waals surface area contributed by atoms with Gasteiger partial charge in [0.05, 0.1) is 17.3 Å². The number of sulfone groups is 1. The zero-order valence-electron chi connectivity index (χ0n) is 10.1. The molecule has 0 bridgehead atoms. The first-order valence-corrected chi connectivity index (χ1v) is 9.07. The van der Waals surface area contributed by atoms with E-state index in [4.69, 9.17) is 11.6 Å². The van der Waals surface area contributed by atoms with Crippen molar-refractivity contribution in [1.82, 2.24) is 0 Å². The van der Waals surface area contributed by atoms with Gasteiger partial charge in [0, 0.05) is 16.0 Å². The number of hydrogen-bond acceptors (Lipinski definition) is 4. The second-order valence-corrected chi connectivity index (χ2v) is 8.34. The van der Waals surface area contributed by atoms with Gasteiger partial charge < -0.3 is 5.32 Å². The molecule has 1 fully saturated rings. The summed E-state index contributed by atoms with van der Waals surface area (Å²) >= 11 is 7.15. The molecule has 2 rings (SSSR count). The third kappa shape index (κ3) is 4.71. The molecule has 7 heteroatoms. The van der Waals surface area contributed by atoms with Gasteiger partial charge in [0.1, 0.15) is 0 Å². The molecular weight excluding hydrogens is 306 g/mol. The molecule has 1 aliphatic rings. The van der Waals surface area contributed by atoms with Crippen LogP contribution in [0.5, 0.6) is 0 Å². The van der Waals surface area contributed by atoms with E-state index in [-0.39, 0.29) is 28.4 Å². The molecule has 1 aromatic carbocycles. The van der Waals surface area contributed by atoms with Gasteiger partial charge in [-0.25, -0.2) is 8.42 Å². The topological polar surface area (TPSA) is 63.2 Å². The molecule has 0 spiro atoms. The molecule has 0 aliphatic carbocycles. The van der Waals surface area contributed by atoms with Gasteiger partial charge in [-0.2, -0.15) is 0 Å². The first kappa shape index (κ1) is 14.7. The highest BCUT2D eigenvalue weighted by Gasteiger charge is 2.28. The molecule has 104 valence electrons. The zero-order chi connectivity index (χ0) is 13.9. The number of amides is 1. The Morgan fingerprint density at radius 1 is 1.37 bits per heavy atom. The predicted molar refractivity (Wildman–Crippen MR) is 79.6 cm³/mol. The molecule has 1 N–H and O–H groups in total. The fraction of sp³-hybridized carbons (Fsp3) is 0.417. The van der Waals surface area contributed by atoms with Gasteiger partial charge in [0.15, 0.2) is 9.84 Å². The van der Waals surface area contributed by atoms with E-state index in [1.165, 1.54) is 11.8 Å². The number of thioether (sulfide) groups is 1. The van der Waals surface area contributed by atoms with Gasteiger partial charge in [0.2, 0.25) is 5.91 Å². The quantitative estimate of drug-likeness (QED) is 0.924. The second-order valence-electron chi connectivity index (χ2n) is 4.39. The lowest BCUT2D eigenvalue weighted by Crippen LogP contribution is -2.17. The highest BCUT2D eigenvalue weighted by Crippen LogP contribution is 2.24. The number of carbonyl (C=O) groups is 1. The monoisotopic (exact) mass is 319 g/mol. The molecule has 0 radical (unpaired) electrons. The molecular formula is C12H14ClNO3S2. The molecule has 1 aliphatic heterocycles. The lowest BCUT2D eigenvalue weighted by atomic mass is 10.3. The fourth-order valence-electron chi connectivity index (χ4n) is 1.82. The Morgan fingerprint density at radius 2 is 2.05 bits per heavy atom. The van der Waals surface area contributed by atoms with Crippen LogP contribution < -0.4 is 5.32 Å². The van der Waals surface area contributed by atoms with E-state index in [0.717, 1.165) is 0 Å². The zero-order valence-corrected chi connectivity index (χ0v) is 12.5. The van der Waals surface area contributed by atoms with Crippen LogP contribution in [0.3, 0.4) is 0 Å². The summed E-state index contributed by atoms with van der Waals surface area (Å²) in [5.74, 6) is 0.565. The number of hydrogen-bond donors (Lipinski definition) is 1. The van der Waals surface area contributed by atoms with Crippen molar-refractivity contribution in [1.29, 1.82) is 0 Å². The summed E-state index contributed by atoms with van der Waals surface area (Å²) in [6.45, 7) is 0. The van der Waals surface area contributed by atoms with Crippen molar-refractivity contribution < 1.29 is 13.2 Å². The lowest BCUT2D eigenvalue weighted by molar-refractivity contribution is -0.113. The van der Waals surface area contributed by atoms with E-state index < -0.39 is 9.84 Å². The van der Waals surface area contributed by atoms with E-state index in [1.54, 1.807) is 24.3 Å². The molecule has 1 amide bonds. The number of benzene rings is 1. The maximum absolute atomic E-state index is 11.7. The third-order valence-corrected chi connectivity index (χ3v) is 6.30. The summed E-state index contributed by atoms with van der Waals surface area (Å²) in [6.07, 6.45) is 0.640. The van der Waals surface area contributed by atoms with E-state index >= 15 is 0 Å². The summed E-state index contributed by atoms with van der Waals surface area (Å²) in [4.78, 5) is 11.7. The molecule has 1 atom stereocenters. The largest absolute Gasteiger partial charge is 0.325 e. The van der Waals surface area contributed by atoms with Crippen LogP contribution >= 0.6 is 23.4 Å². The molecule has 1 aromatic rings. The number of carbonyl (C=O) groups excluding carboxylic acids is 1. The standard InChI is InChI=1S/C12H14ClNO3S2/c13-9-1-3-10(4-2-9)14-12(15)7-18-11-5-6-19(16,17)8-11/h1-4,11H,5-8H2,(H,14,15)/t11-/m1/s1. The molecule has 19 heavy (non-hydrogen) atoms. The average molecular weight is 320 g/mol. The highest BCUT2D eigenvalue weighted by molar-refractivity contribution is 8.02. The maximum Gasteiger partial charge on any atom is 0.234 e. The number of halogens is 1. The van der Waals surface area contributed by atoms with Gasteiger partial charge in [-0.3, -0.25) is 4.79 Å². The SMILES string of the molecule is O=C(CS[C@@H]1CCS(=O)(=O)C1)Nc1ccc(Cl)cc1. The van der Waals surface area contributed by atoms with Crippen LogP contribution in [0.15, 0.2) is 24.3 Å². The summed E-state index contributed by atoms with van der Waals surface area (Å²) in [5.41, 5.74) is 0.689. The van der Waals surface area contributed by atoms with E-state index in [1.807, 2.05) is 0 Å². The molecule has 0 saturated carbocycles. The van der Waals surface area contributed by atoms with Crippen molar-refractivity contribution >= 4 is 44.8 Å². The summed E-state index contributed by atoms with van der Waals surface area (Å²) in [7, 11) is -2.87. The van der Waals surface area contributed by atoms with Crippen molar-refractivity contribution in [3.63, 3.8) is 0 Å². The minimum absolute atomic E-state index is 0.0426. The number of nitrogens with one attached hydrogen (secondary N) is 1. The molecule has 0 aromatic heterocycles. The maximum atomic E-state index is 11.7. The lowest BCUT2D eigenvalue weighted by Gasteiger charge is -2.08. The Labute approximate surface area is 121 Å². The summed E-state index contributed by atoms with van der Waals surface area (Å²) in [6, 6.07) is 6.86. The van der Waals surface area contributed by atoms with Gasteiger partial charge >= 0.3 is 0 Å². The molecule has 4 nitrogen and oxygen atoms in total. The Bertz CT molecular complexity index is 557. The first-order chi connectivity index (χ1) is 8.94. The van der Waals surface area contributed by atoms with Crippen molar-refractivity contribution in [2.75, 3.05) is 22.6 Å². The summed E-state index contributed by atoms with van der Waals surface area (Å²) in [5, 5.41) is 3.40. The smallest absolute Gasteiger partial charge is 0.234 e. The normalized spacial score (nSPS) is 21.2. The Balaban J connectivity index is 1.78. The van der Waals surface area contributed by atoms with Crippen LogP contribution in [0, 0.1) is 0 Å². The van der Waals surface area contributed by atoms with Crippen LogP contribution in [0.25, 0.3) is 0 Å². The number of rotatable bonds is 4. The van der Waals surface area contributed by atoms with Crippen LogP contribution in [-0.2, 0) is 14.6 Å². The van der Waals surface area contributed by atoms with Crippen LogP contribution in [-0.4, -0.2) is 36.8 Å². The molecule has 1 heterocycles. The molecule has 1 saturated heterocycles. The fourth-order valence-corrected chi connectivity index (χ4v) is 5.39. The van der Waals surface area contributed by atoms with Crippen LogP contribution in [0.1, 0.15) is 6.42 Å². The van der Waals surface area contributed by atoms with Crippen LogP contribution in [0.4, 0.5) is 5.69 Å². The Morgan fingerprint density at radius 3 is 2.63 bits per heavy atom. The minimum Gasteiger partial charge on any atom is -0.325 e. The molecule has 0 unspecified atom stereocenters. The van der Waals surface area contributed by atoms with Gasteiger partial charge in [-0.05, 0) is 30.7 Å². The van der Waals surface area contributed by atoms with Crippen molar-refractivity contribution in [2.24, 2.45) is 0 Å². The average Bonchev–Trinajstić information content (AvgIpc) is 2.69.